The molecule has 4 atom stereocenters. The fourth-order valence-corrected chi connectivity index (χ4v) is 7.70. The Balaban J connectivity index is 1.48. The average molecular weight is 611 g/mol. The lowest BCUT2D eigenvalue weighted by Crippen LogP contribution is -2.34. The number of amides is 2. The largest absolute Gasteiger partial charge is 0.367 e. The summed E-state index contributed by atoms with van der Waals surface area (Å²) in [6, 6.07) is 6.49. The lowest BCUT2D eigenvalue weighted by atomic mass is 9.70. The first kappa shape index (κ1) is 30.2. The van der Waals surface area contributed by atoms with Gasteiger partial charge >= 0.3 is 6.03 Å². The van der Waals surface area contributed by atoms with Crippen molar-refractivity contribution in [1.82, 2.24) is 14.3 Å². The Bertz CT molecular complexity index is 1410. The molecular formula is C29H41BN5OP3S. The van der Waals surface area contributed by atoms with Gasteiger partial charge in [0, 0.05) is 55.6 Å². The minimum atomic E-state index is -0.533. The van der Waals surface area contributed by atoms with Crippen molar-refractivity contribution in [2.24, 2.45) is 5.92 Å². The molecule has 2 fully saturated rings. The van der Waals surface area contributed by atoms with Gasteiger partial charge in [-0.3, -0.25) is 0 Å². The van der Waals surface area contributed by atoms with Crippen LogP contribution in [-0.4, -0.2) is 70.7 Å². The highest BCUT2D eigenvalue weighted by Crippen LogP contribution is 2.37. The van der Waals surface area contributed by atoms with E-state index in [9.17, 15) is 4.79 Å². The van der Waals surface area contributed by atoms with Crippen LogP contribution in [0.15, 0.2) is 30.6 Å². The van der Waals surface area contributed by atoms with Crippen LogP contribution < -0.4 is 15.5 Å². The number of aromatic nitrogens is 2. The van der Waals surface area contributed by atoms with Crippen molar-refractivity contribution in [3.63, 3.8) is 0 Å². The van der Waals surface area contributed by atoms with Gasteiger partial charge in [0.1, 0.15) is 0 Å². The average Bonchev–Trinajstić information content (AvgIpc) is 3.52. The van der Waals surface area contributed by atoms with Crippen LogP contribution in [0, 0.1) is 12.8 Å². The van der Waals surface area contributed by atoms with Crippen LogP contribution in [-0.2, 0) is 5.31 Å². The summed E-state index contributed by atoms with van der Waals surface area (Å²) in [5.74, 6) is 2.73. The summed E-state index contributed by atoms with van der Waals surface area (Å²) < 4.78 is 2.12. The Morgan fingerprint density at radius 2 is 1.88 bits per heavy atom. The summed E-state index contributed by atoms with van der Waals surface area (Å²) in [7, 11) is 15.1. The van der Waals surface area contributed by atoms with E-state index in [2.05, 4.69) is 86.8 Å². The number of anilines is 2. The number of hydrogen-bond donors (Lipinski definition) is 1. The van der Waals surface area contributed by atoms with Crippen molar-refractivity contribution < 1.29 is 4.79 Å². The van der Waals surface area contributed by atoms with Crippen LogP contribution in [0.2, 0.25) is 0 Å². The quantitative estimate of drug-likeness (QED) is 0.297. The lowest BCUT2D eigenvalue weighted by molar-refractivity contribution is 0.220. The van der Waals surface area contributed by atoms with Crippen molar-refractivity contribution in [3.8, 4) is 11.1 Å². The minimum absolute atomic E-state index is 0.0263. The lowest BCUT2D eigenvalue weighted by Gasteiger charge is -2.29. The van der Waals surface area contributed by atoms with Gasteiger partial charge in [0.05, 0.1) is 24.9 Å². The van der Waals surface area contributed by atoms with E-state index in [1.54, 1.807) is 0 Å². The maximum Gasteiger partial charge on any atom is 0.321 e. The molecule has 3 aromatic rings. The molecule has 40 heavy (non-hydrogen) atoms. The third-order valence-electron chi connectivity index (χ3n) is 7.79. The second-order valence-electron chi connectivity index (χ2n) is 12.3. The highest BCUT2D eigenvalue weighted by molar-refractivity contribution is 7.99. The highest BCUT2D eigenvalue weighted by Gasteiger charge is 2.30. The Hall–Kier alpha value is -1.32. The molecule has 6 nitrogen and oxygen atoms in total. The zero-order valence-electron chi connectivity index (χ0n) is 24.0. The number of fused-ring (bicyclic) bond motifs is 1. The number of likely N-dealkylation sites (tertiary alicyclic amines) is 1. The predicted molar refractivity (Wildman–Crippen MR) is 184 cm³/mol. The monoisotopic (exact) mass is 611 g/mol. The Morgan fingerprint density at radius 1 is 1.15 bits per heavy atom. The number of rotatable bonds is 6. The van der Waals surface area contributed by atoms with Crippen LogP contribution in [0.4, 0.5) is 16.2 Å². The Kier molecular flexibility index (Phi) is 8.86. The number of carbonyl (C=O) groups excluding carboxylic acids is 1. The first-order chi connectivity index (χ1) is 18.8. The molecule has 1 aromatic carbocycles. The van der Waals surface area contributed by atoms with Gasteiger partial charge in [0.15, 0.2) is 5.65 Å². The van der Waals surface area contributed by atoms with Gasteiger partial charge in [0.2, 0.25) is 0 Å². The molecule has 5 rings (SSSR count). The number of nitrogens with zero attached hydrogens (tertiary/aromatic N) is 4. The number of urea groups is 1. The third kappa shape index (κ3) is 6.83. The van der Waals surface area contributed by atoms with Gasteiger partial charge in [0.25, 0.3) is 0 Å². The molecule has 2 amide bonds. The van der Waals surface area contributed by atoms with Gasteiger partial charge in [-0.1, -0.05) is 20.8 Å². The zero-order chi connectivity index (χ0) is 28.8. The SMILES string of the molecule is [B]C(C)(C)c1cn2cc(-c3cc(NC(=O)N4CC[C@@H](CC(C)(P)P)C4)c(P)cc3C)cc(N3CCSCC3)c2n1. The summed E-state index contributed by atoms with van der Waals surface area (Å²) in [4.78, 5) is 22.8. The van der Waals surface area contributed by atoms with Crippen molar-refractivity contribution in [2.75, 3.05) is 47.9 Å². The zero-order valence-corrected chi connectivity index (χ0v) is 28.3. The number of thioether (sulfide) groups is 1. The molecule has 2 aromatic heterocycles. The van der Waals surface area contributed by atoms with E-state index >= 15 is 0 Å². The fourth-order valence-electron chi connectivity index (χ4n) is 5.72. The van der Waals surface area contributed by atoms with Gasteiger partial charge in [-0.25, -0.2) is 9.78 Å². The van der Waals surface area contributed by atoms with E-state index in [1.807, 2.05) is 30.5 Å². The van der Waals surface area contributed by atoms with Crippen LogP contribution in [0.1, 0.15) is 44.9 Å². The first-order valence-electron chi connectivity index (χ1n) is 14.0. The summed E-state index contributed by atoms with van der Waals surface area (Å²) in [6.45, 7) is 11.9. The summed E-state index contributed by atoms with van der Waals surface area (Å²) >= 11 is 2.00. The van der Waals surface area contributed by atoms with E-state index < -0.39 is 5.31 Å². The highest BCUT2D eigenvalue weighted by atomic mass is 32.2. The smallest absolute Gasteiger partial charge is 0.321 e. The molecule has 2 aliphatic heterocycles. The number of imidazole rings is 1. The normalized spacial score (nSPS) is 18.5. The molecule has 11 heteroatoms. The maximum absolute atomic E-state index is 13.3. The van der Waals surface area contributed by atoms with Crippen LogP contribution in [0.3, 0.4) is 0 Å². The van der Waals surface area contributed by atoms with Gasteiger partial charge < -0.3 is 19.5 Å². The fraction of sp³-hybridized carbons (Fsp3) is 0.517. The van der Waals surface area contributed by atoms with Gasteiger partial charge in [-0.15, -0.1) is 27.7 Å². The van der Waals surface area contributed by atoms with Crippen molar-refractivity contribution in [3.05, 3.63) is 41.9 Å². The summed E-state index contributed by atoms with van der Waals surface area (Å²) in [5.41, 5.74) is 7.11. The number of pyridine rings is 1. The molecule has 1 N–H and O–H groups in total. The second kappa shape index (κ2) is 11.8. The molecule has 0 spiro atoms. The van der Waals surface area contributed by atoms with Crippen molar-refractivity contribution in [2.45, 2.75) is 50.7 Å². The number of carbonyl (C=O) groups is 1. The minimum Gasteiger partial charge on any atom is -0.367 e. The van der Waals surface area contributed by atoms with Crippen LogP contribution in [0.25, 0.3) is 16.8 Å². The number of hydrogen-bond acceptors (Lipinski definition) is 4. The van der Waals surface area contributed by atoms with Crippen molar-refractivity contribution in [1.29, 1.82) is 0 Å². The number of aryl methyl sites for hydroxylation is 1. The van der Waals surface area contributed by atoms with Crippen LogP contribution >= 0.6 is 39.5 Å². The first-order valence-corrected chi connectivity index (χ1v) is 16.9. The Morgan fingerprint density at radius 3 is 2.55 bits per heavy atom. The van der Waals surface area contributed by atoms with E-state index in [0.717, 1.165) is 95.2 Å². The molecule has 4 heterocycles. The molecule has 0 bridgehead atoms. The molecule has 212 valence electrons. The topological polar surface area (TPSA) is 52.9 Å². The maximum atomic E-state index is 13.3. The second-order valence-corrected chi connectivity index (χ2v) is 17.4. The molecule has 2 radical (unpaired) electrons. The van der Waals surface area contributed by atoms with E-state index in [4.69, 9.17) is 12.8 Å². The Labute approximate surface area is 251 Å². The summed E-state index contributed by atoms with van der Waals surface area (Å²) in [6.07, 6.45) is 6.31. The molecule has 3 unspecified atom stereocenters. The molecule has 2 aliphatic rings. The molecular weight excluding hydrogens is 570 g/mol. The molecule has 0 saturated carbocycles. The van der Waals surface area contributed by atoms with E-state index in [0.29, 0.717) is 5.92 Å². The van der Waals surface area contributed by atoms with Crippen LogP contribution in [0.5, 0.6) is 0 Å². The van der Waals surface area contributed by atoms with E-state index in [-0.39, 0.29) is 10.9 Å². The van der Waals surface area contributed by atoms with Crippen molar-refractivity contribution >= 4 is 75.7 Å². The number of nitrogens with one attached hydrogen (secondary N) is 1. The van der Waals surface area contributed by atoms with Gasteiger partial charge in [-0.2, -0.15) is 11.8 Å². The van der Waals surface area contributed by atoms with E-state index in [1.165, 1.54) is 0 Å². The standard InChI is InChI=1S/C29H41BN5OP3S/c1-18-11-24(37)22(31-27(36)34-6-5-19(15-34)14-29(4,38)39)13-21(18)20-12-23(33-7-9-40-10-8-33)26-32-25(28(2,3)30)17-35(26)16-20/h11-13,16-17,19H,5-10,14-15,37-39H2,1-4H3,(H,31,36)/t19-/m0/s1. The summed E-state index contributed by atoms with van der Waals surface area (Å²) in [5, 5.41) is 3.67. The predicted octanol–water partition coefficient (Wildman–Crippen LogP) is 5.48. The molecule has 0 aliphatic carbocycles. The third-order valence-corrected chi connectivity index (χ3v) is 9.69. The van der Waals surface area contributed by atoms with Gasteiger partial charge in [-0.05, 0) is 70.5 Å². The number of benzene rings is 1. The molecule has 2 saturated heterocycles.